The SMILES string of the molecule is CC(O)(CSc1ccc(F)c(F)c1)C(=O)O. The van der Waals surface area contributed by atoms with Crippen molar-refractivity contribution in [3.8, 4) is 0 Å². The van der Waals surface area contributed by atoms with Crippen LogP contribution >= 0.6 is 11.8 Å². The summed E-state index contributed by atoms with van der Waals surface area (Å²) in [4.78, 5) is 10.9. The number of halogens is 2. The topological polar surface area (TPSA) is 57.5 Å². The molecule has 88 valence electrons. The van der Waals surface area contributed by atoms with Crippen molar-refractivity contribution in [3.63, 3.8) is 0 Å². The maximum Gasteiger partial charge on any atom is 0.336 e. The predicted octanol–water partition coefficient (Wildman–Crippen LogP) is 1.89. The Morgan fingerprint density at radius 3 is 2.56 bits per heavy atom. The Balaban J connectivity index is 2.68. The molecule has 0 bridgehead atoms. The maximum atomic E-state index is 12.8. The molecule has 0 amide bonds. The number of carboxylic acid groups (broad SMARTS) is 1. The molecule has 0 aliphatic carbocycles. The number of aliphatic carboxylic acids is 1. The van der Waals surface area contributed by atoms with Gasteiger partial charge in [0.25, 0.3) is 0 Å². The van der Waals surface area contributed by atoms with Crippen molar-refractivity contribution < 1.29 is 23.8 Å². The number of rotatable bonds is 4. The van der Waals surface area contributed by atoms with Gasteiger partial charge in [0, 0.05) is 10.6 Å². The fraction of sp³-hybridized carbons (Fsp3) is 0.300. The van der Waals surface area contributed by atoms with Gasteiger partial charge in [0.05, 0.1) is 0 Å². The van der Waals surface area contributed by atoms with Gasteiger partial charge in [-0.2, -0.15) is 0 Å². The number of carboxylic acids is 1. The van der Waals surface area contributed by atoms with Crippen LogP contribution in [-0.2, 0) is 4.79 Å². The fourth-order valence-electron chi connectivity index (χ4n) is 0.852. The Morgan fingerprint density at radius 2 is 2.06 bits per heavy atom. The van der Waals surface area contributed by atoms with Gasteiger partial charge in [-0.3, -0.25) is 0 Å². The minimum absolute atomic E-state index is 0.145. The van der Waals surface area contributed by atoms with Crippen LogP contribution in [0.25, 0.3) is 0 Å². The molecule has 0 fully saturated rings. The van der Waals surface area contributed by atoms with Gasteiger partial charge in [0.1, 0.15) is 0 Å². The summed E-state index contributed by atoms with van der Waals surface area (Å²) in [5.74, 6) is -3.47. The van der Waals surface area contributed by atoms with Crippen LogP contribution < -0.4 is 0 Å². The summed E-state index contributed by atoms with van der Waals surface area (Å²) in [6, 6.07) is 3.23. The quantitative estimate of drug-likeness (QED) is 0.799. The van der Waals surface area contributed by atoms with Crippen molar-refractivity contribution in [1.29, 1.82) is 0 Å². The van der Waals surface area contributed by atoms with E-state index in [1.807, 2.05) is 0 Å². The van der Waals surface area contributed by atoms with Crippen molar-refractivity contribution in [2.45, 2.75) is 17.4 Å². The number of hydrogen-bond acceptors (Lipinski definition) is 3. The van der Waals surface area contributed by atoms with Gasteiger partial charge in [-0.1, -0.05) is 0 Å². The molecule has 0 aliphatic rings. The molecule has 1 unspecified atom stereocenters. The smallest absolute Gasteiger partial charge is 0.336 e. The van der Waals surface area contributed by atoms with Gasteiger partial charge < -0.3 is 10.2 Å². The summed E-state index contributed by atoms with van der Waals surface area (Å²) in [7, 11) is 0. The van der Waals surface area contributed by atoms with Crippen LogP contribution in [0.15, 0.2) is 23.1 Å². The molecule has 1 aromatic carbocycles. The summed E-state index contributed by atoms with van der Waals surface area (Å²) in [5, 5.41) is 18.0. The highest BCUT2D eigenvalue weighted by molar-refractivity contribution is 7.99. The number of carbonyl (C=O) groups is 1. The van der Waals surface area contributed by atoms with Crippen molar-refractivity contribution in [3.05, 3.63) is 29.8 Å². The van der Waals surface area contributed by atoms with Crippen LogP contribution in [0.2, 0.25) is 0 Å². The van der Waals surface area contributed by atoms with Gasteiger partial charge in [-0.15, -0.1) is 11.8 Å². The van der Waals surface area contributed by atoms with E-state index in [9.17, 15) is 18.7 Å². The zero-order chi connectivity index (χ0) is 12.3. The third-order valence-corrected chi connectivity index (χ3v) is 3.17. The van der Waals surface area contributed by atoms with Crippen LogP contribution in [-0.4, -0.2) is 27.5 Å². The van der Waals surface area contributed by atoms with Crippen molar-refractivity contribution in [2.75, 3.05) is 5.75 Å². The zero-order valence-electron chi connectivity index (χ0n) is 8.41. The largest absolute Gasteiger partial charge is 0.479 e. The Kier molecular flexibility index (Phi) is 3.88. The van der Waals surface area contributed by atoms with E-state index in [4.69, 9.17) is 5.11 Å². The normalized spacial score (nSPS) is 14.5. The minimum atomic E-state index is -1.89. The molecular weight excluding hydrogens is 238 g/mol. The molecule has 0 aliphatic heterocycles. The lowest BCUT2D eigenvalue weighted by molar-refractivity contribution is -0.154. The average molecular weight is 248 g/mol. The molecule has 2 N–H and O–H groups in total. The molecule has 0 heterocycles. The second kappa shape index (κ2) is 4.80. The lowest BCUT2D eigenvalue weighted by Gasteiger charge is -2.16. The van der Waals surface area contributed by atoms with Crippen LogP contribution in [0.4, 0.5) is 8.78 Å². The molecule has 0 radical (unpaired) electrons. The molecule has 0 saturated carbocycles. The third-order valence-electron chi connectivity index (χ3n) is 1.87. The van der Waals surface area contributed by atoms with Gasteiger partial charge in [0.2, 0.25) is 0 Å². The highest BCUT2D eigenvalue weighted by Crippen LogP contribution is 2.24. The molecule has 0 aromatic heterocycles. The predicted molar refractivity (Wildman–Crippen MR) is 55.3 cm³/mol. The molecule has 16 heavy (non-hydrogen) atoms. The van der Waals surface area contributed by atoms with E-state index in [-0.39, 0.29) is 5.75 Å². The van der Waals surface area contributed by atoms with E-state index in [0.717, 1.165) is 30.8 Å². The summed E-state index contributed by atoms with van der Waals surface area (Å²) in [6.07, 6.45) is 0. The molecule has 1 aromatic rings. The number of hydrogen-bond donors (Lipinski definition) is 2. The second-order valence-electron chi connectivity index (χ2n) is 3.44. The lowest BCUT2D eigenvalue weighted by Crippen LogP contribution is -2.37. The summed E-state index contributed by atoms with van der Waals surface area (Å²) < 4.78 is 25.4. The van der Waals surface area contributed by atoms with E-state index >= 15 is 0 Å². The summed E-state index contributed by atoms with van der Waals surface area (Å²) in [6.45, 7) is 1.14. The van der Waals surface area contributed by atoms with E-state index in [1.54, 1.807) is 0 Å². The first-order chi connectivity index (χ1) is 7.33. The molecular formula is C10H10F2O3S. The van der Waals surface area contributed by atoms with E-state index in [1.165, 1.54) is 6.07 Å². The minimum Gasteiger partial charge on any atom is -0.479 e. The molecule has 0 spiro atoms. The Bertz CT molecular complexity index is 407. The Labute approximate surface area is 95.1 Å². The van der Waals surface area contributed by atoms with Gasteiger partial charge in [-0.25, -0.2) is 13.6 Å². The third kappa shape index (κ3) is 3.18. The highest BCUT2D eigenvalue weighted by Gasteiger charge is 2.29. The standard InChI is InChI=1S/C10H10F2O3S/c1-10(15,9(13)14)5-16-6-2-3-7(11)8(12)4-6/h2-4,15H,5H2,1H3,(H,13,14). The fourth-order valence-corrected chi connectivity index (χ4v) is 1.77. The molecule has 1 rings (SSSR count). The number of benzene rings is 1. The average Bonchev–Trinajstić information content (AvgIpc) is 2.20. The second-order valence-corrected chi connectivity index (χ2v) is 4.49. The van der Waals surface area contributed by atoms with Crippen molar-refractivity contribution in [2.24, 2.45) is 0 Å². The zero-order valence-corrected chi connectivity index (χ0v) is 9.22. The lowest BCUT2D eigenvalue weighted by atomic mass is 10.1. The van der Waals surface area contributed by atoms with Gasteiger partial charge >= 0.3 is 5.97 Å². The van der Waals surface area contributed by atoms with Gasteiger partial charge in [-0.05, 0) is 25.1 Å². The summed E-state index contributed by atoms with van der Waals surface area (Å²) in [5.41, 5.74) is -1.89. The van der Waals surface area contributed by atoms with E-state index < -0.39 is 23.2 Å². The van der Waals surface area contributed by atoms with Crippen LogP contribution in [0, 0.1) is 11.6 Å². The first-order valence-corrected chi connectivity index (χ1v) is 5.35. The molecule has 6 heteroatoms. The van der Waals surface area contributed by atoms with Crippen molar-refractivity contribution >= 4 is 17.7 Å². The number of aliphatic hydroxyl groups is 1. The highest BCUT2D eigenvalue weighted by atomic mass is 32.2. The van der Waals surface area contributed by atoms with Crippen LogP contribution in [0.5, 0.6) is 0 Å². The molecule has 3 nitrogen and oxygen atoms in total. The van der Waals surface area contributed by atoms with Crippen molar-refractivity contribution in [1.82, 2.24) is 0 Å². The van der Waals surface area contributed by atoms with Crippen LogP contribution in [0.3, 0.4) is 0 Å². The van der Waals surface area contributed by atoms with E-state index in [2.05, 4.69) is 0 Å². The Hall–Kier alpha value is -1.14. The first-order valence-electron chi connectivity index (χ1n) is 4.36. The number of thioether (sulfide) groups is 1. The Morgan fingerprint density at radius 1 is 1.44 bits per heavy atom. The first kappa shape index (κ1) is 12.9. The van der Waals surface area contributed by atoms with E-state index in [0.29, 0.717) is 4.90 Å². The molecule has 1 atom stereocenters. The molecule has 0 saturated heterocycles. The monoisotopic (exact) mass is 248 g/mol. The van der Waals surface area contributed by atoms with Gasteiger partial charge in [0.15, 0.2) is 17.2 Å². The summed E-state index contributed by atoms with van der Waals surface area (Å²) >= 11 is 0.941. The maximum absolute atomic E-state index is 12.8. The van der Waals surface area contributed by atoms with Crippen LogP contribution in [0.1, 0.15) is 6.92 Å².